The van der Waals surface area contributed by atoms with Crippen molar-refractivity contribution < 1.29 is 14.7 Å². The molecule has 0 aromatic carbocycles. The van der Waals surface area contributed by atoms with Gasteiger partial charge in [0.15, 0.2) is 0 Å². The van der Waals surface area contributed by atoms with Crippen molar-refractivity contribution in [2.75, 3.05) is 13.1 Å². The second kappa shape index (κ2) is 8.94. The Kier molecular flexibility index (Phi) is 5.90. The molecule has 4 aromatic heterocycles. The third-order valence-electron chi connectivity index (χ3n) is 5.00. The van der Waals surface area contributed by atoms with E-state index in [4.69, 9.17) is 0 Å². The fourth-order valence-corrected chi connectivity index (χ4v) is 3.43. The van der Waals surface area contributed by atoms with Gasteiger partial charge in [-0.3, -0.25) is 19.0 Å². The Bertz CT molecular complexity index is 1110. The van der Waals surface area contributed by atoms with Crippen LogP contribution in [0.1, 0.15) is 20.7 Å². The zero-order valence-electron chi connectivity index (χ0n) is 17.7. The van der Waals surface area contributed by atoms with Crippen molar-refractivity contribution in [1.29, 1.82) is 0 Å². The van der Waals surface area contributed by atoms with Crippen LogP contribution in [-0.4, -0.2) is 64.8 Å². The Balaban J connectivity index is 1.34. The minimum Gasteiger partial charge on any atom is -0.389 e. The first kappa shape index (κ1) is 21.1. The number of amides is 2. The predicted octanol–water partition coefficient (Wildman–Crippen LogP) is 0.256. The summed E-state index contributed by atoms with van der Waals surface area (Å²) in [6.07, 6.45) is 9.25. The molecule has 4 aromatic rings. The maximum Gasteiger partial charge on any atom is 0.256 e. The third kappa shape index (κ3) is 4.18. The molecule has 0 aliphatic heterocycles. The topological polar surface area (TPSA) is 124 Å². The number of carbonyl (C=O) groups excluding carboxylic acids is 2. The molecule has 166 valence electrons. The number of hydrogen-bond donors (Lipinski definition) is 3. The van der Waals surface area contributed by atoms with Crippen LogP contribution in [0.4, 0.5) is 0 Å². The molecule has 11 heteroatoms. The average molecular weight is 436 g/mol. The Hall–Kier alpha value is -4.12. The van der Waals surface area contributed by atoms with Crippen LogP contribution in [-0.2, 0) is 14.1 Å². The average Bonchev–Trinajstić information content (AvgIpc) is 3.56. The number of aliphatic hydroxyl groups is 1. The number of hydrogen-bond acceptors (Lipinski definition) is 5. The highest BCUT2D eigenvalue weighted by molar-refractivity contribution is 5.97. The van der Waals surface area contributed by atoms with Crippen LogP contribution in [0, 0.1) is 0 Å². The van der Waals surface area contributed by atoms with E-state index in [1.54, 1.807) is 32.6 Å². The summed E-state index contributed by atoms with van der Waals surface area (Å²) in [7, 11) is 3.49. The fraction of sp³-hybridized carbons (Fsp3) is 0.238. The first-order valence-corrected chi connectivity index (χ1v) is 10.0. The summed E-state index contributed by atoms with van der Waals surface area (Å²) in [4.78, 5) is 25.3. The molecular weight excluding hydrogens is 412 g/mol. The van der Waals surface area contributed by atoms with Crippen molar-refractivity contribution in [3.63, 3.8) is 0 Å². The van der Waals surface area contributed by atoms with E-state index in [2.05, 4.69) is 20.8 Å². The summed E-state index contributed by atoms with van der Waals surface area (Å²) >= 11 is 0. The first-order valence-electron chi connectivity index (χ1n) is 10.0. The van der Waals surface area contributed by atoms with Gasteiger partial charge >= 0.3 is 0 Å². The van der Waals surface area contributed by atoms with Crippen molar-refractivity contribution in [2.24, 2.45) is 14.1 Å². The van der Waals surface area contributed by atoms with E-state index < -0.39 is 6.10 Å². The molecule has 0 saturated heterocycles. The molecule has 3 N–H and O–H groups in total. The number of carbonyl (C=O) groups is 2. The number of rotatable bonds is 8. The molecule has 0 aliphatic carbocycles. The minimum atomic E-state index is -0.971. The van der Waals surface area contributed by atoms with Gasteiger partial charge in [-0.15, -0.1) is 0 Å². The lowest BCUT2D eigenvalue weighted by molar-refractivity contribution is 0.0885. The molecule has 0 unspecified atom stereocenters. The van der Waals surface area contributed by atoms with E-state index in [0.29, 0.717) is 22.8 Å². The second-order valence-electron chi connectivity index (χ2n) is 7.27. The normalized spacial score (nSPS) is 11.1. The van der Waals surface area contributed by atoms with Crippen LogP contribution < -0.4 is 10.6 Å². The van der Waals surface area contributed by atoms with Crippen LogP contribution in [0.2, 0.25) is 0 Å². The molecule has 0 fully saturated rings. The molecule has 0 atom stereocenters. The Labute approximate surface area is 183 Å². The molecule has 0 bridgehead atoms. The molecular formula is C21H24N8O3. The van der Waals surface area contributed by atoms with E-state index in [1.807, 2.05) is 49.1 Å². The van der Waals surface area contributed by atoms with Gasteiger partial charge in [0.2, 0.25) is 0 Å². The smallest absolute Gasteiger partial charge is 0.256 e. The van der Waals surface area contributed by atoms with Crippen LogP contribution in [0.15, 0.2) is 61.4 Å². The lowest BCUT2D eigenvalue weighted by Crippen LogP contribution is -2.40. The van der Waals surface area contributed by atoms with Crippen LogP contribution in [0.5, 0.6) is 0 Å². The quantitative estimate of drug-likeness (QED) is 0.365. The Morgan fingerprint density at radius 2 is 1.19 bits per heavy atom. The van der Waals surface area contributed by atoms with Crippen molar-refractivity contribution in [3.8, 4) is 11.6 Å². The van der Waals surface area contributed by atoms with Gasteiger partial charge in [-0.1, -0.05) is 0 Å². The van der Waals surface area contributed by atoms with E-state index in [0.717, 1.165) is 0 Å². The highest BCUT2D eigenvalue weighted by Crippen LogP contribution is 2.15. The highest BCUT2D eigenvalue weighted by atomic mass is 16.3. The van der Waals surface area contributed by atoms with E-state index >= 15 is 0 Å². The molecule has 4 heterocycles. The zero-order chi connectivity index (χ0) is 22.7. The number of aromatic nitrogens is 6. The summed E-state index contributed by atoms with van der Waals surface area (Å²) in [6.45, 7) is -0.0623. The molecule has 11 nitrogen and oxygen atoms in total. The summed E-state index contributed by atoms with van der Waals surface area (Å²) in [6, 6.07) is 7.41. The zero-order valence-corrected chi connectivity index (χ0v) is 17.7. The van der Waals surface area contributed by atoms with Crippen LogP contribution in [0.25, 0.3) is 11.6 Å². The lowest BCUT2D eigenvalue weighted by atomic mass is 10.2. The molecule has 32 heavy (non-hydrogen) atoms. The Morgan fingerprint density at radius 1 is 0.812 bits per heavy atom. The number of nitrogens with one attached hydrogen (secondary N) is 2. The first-order chi connectivity index (χ1) is 15.5. The van der Waals surface area contributed by atoms with Gasteiger partial charge < -0.3 is 24.9 Å². The Morgan fingerprint density at radius 3 is 1.56 bits per heavy atom. The summed E-state index contributed by atoms with van der Waals surface area (Å²) in [5.74, 6) is 0.498. The predicted molar refractivity (Wildman–Crippen MR) is 116 cm³/mol. The lowest BCUT2D eigenvalue weighted by Gasteiger charge is -2.14. The van der Waals surface area contributed by atoms with E-state index in [9.17, 15) is 14.7 Å². The van der Waals surface area contributed by atoms with E-state index in [-0.39, 0.29) is 24.9 Å². The molecule has 0 radical (unpaired) electrons. The molecule has 2 amide bonds. The highest BCUT2D eigenvalue weighted by Gasteiger charge is 2.20. The molecule has 0 aliphatic rings. The van der Waals surface area contributed by atoms with Gasteiger partial charge in [0, 0.05) is 52.0 Å². The summed E-state index contributed by atoms with van der Waals surface area (Å²) in [5.41, 5.74) is 0.762. The van der Waals surface area contributed by atoms with Crippen molar-refractivity contribution in [2.45, 2.75) is 6.10 Å². The van der Waals surface area contributed by atoms with Gasteiger partial charge in [0.1, 0.15) is 22.8 Å². The number of nitrogens with zero attached hydrogens (tertiary/aromatic N) is 6. The number of aryl methyl sites for hydroxylation is 2. The van der Waals surface area contributed by atoms with Crippen LogP contribution in [0.3, 0.4) is 0 Å². The third-order valence-corrected chi connectivity index (χ3v) is 5.00. The van der Waals surface area contributed by atoms with Crippen molar-refractivity contribution in [3.05, 3.63) is 72.6 Å². The number of aliphatic hydroxyl groups excluding tert-OH is 1. The van der Waals surface area contributed by atoms with E-state index in [1.165, 1.54) is 12.4 Å². The molecule has 0 saturated carbocycles. The summed E-state index contributed by atoms with van der Waals surface area (Å²) in [5, 5.41) is 24.0. The second-order valence-corrected chi connectivity index (χ2v) is 7.27. The molecule has 4 rings (SSSR count). The standard InChI is InChI=1S/C21H24N8O3/c1-26-20(28-7-3-4-8-28)16(13-24-26)18(31)22-11-15(30)12-23-19(32)17-14-25-27(2)21(17)29-9-5-6-10-29/h3-10,13-15,30H,11-12H2,1-2H3,(H,22,31)(H,23,32). The maximum absolute atomic E-state index is 12.6. The summed E-state index contributed by atoms with van der Waals surface area (Å²) < 4.78 is 6.77. The van der Waals surface area contributed by atoms with Gasteiger partial charge in [0.05, 0.1) is 18.5 Å². The van der Waals surface area contributed by atoms with Gasteiger partial charge in [-0.05, 0) is 24.3 Å². The molecule has 0 spiro atoms. The SMILES string of the molecule is Cn1ncc(C(=O)NCC(O)CNC(=O)c2cnn(C)c2-n2cccc2)c1-n1cccc1. The van der Waals surface area contributed by atoms with Gasteiger partial charge in [0.25, 0.3) is 11.8 Å². The maximum atomic E-state index is 12.6. The fourth-order valence-electron chi connectivity index (χ4n) is 3.43. The van der Waals surface area contributed by atoms with Crippen molar-refractivity contribution >= 4 is 11.8 Å². The monoisotopic (exact) mass is 436 g/mol. The van der Waals surface area contributed by atoms with Crippen molar-refractivity contribution in [1.82, 2.24) is 39.3 Å². The van der Waals surface area contributed by atoms with Gasteiger partial charge in [-0.25, -0.2) is 0 Å². The van der Waals surface area contributed by atoms with Crippen LogP contribution >= 0.6 is 0 Å². The largest absolute Gasteiger partial charge is 0.389 e. The van der Waals surface area contributed by atoms with Gasteiger partial charge in [-0.2, -0.15) is 10.2 Å². The minimum absolute atomic E-state index is 0.0311.